The van der Waals surface area contributed by atoms with E-state index < -0.39 is 0 Å². The van der Waals surface area contributed by atoms with Crippen molar-refractivity contribution in [3.63, 3.8) is 0 Å². The lowest BCUT2D eigenvalue weighted by molar-refractivity contribution is 0.176. The summed E-state index contributed by atoms with van der Waals surface area (Å²) in [6.07, 6.45) is 2.70. The molecule has 1 atom stereocenters. The maximum atomic E-state index is 5.87. The lowest BCUT2D eigenvalue weighted by Gasteiger charge is -2.30. The summed E-state index contributed by atoms with van der Waals surface area (Å²) in [6, 6.07) is 8.79. The highest BCUT2D eigenvalue weighted by Gasteiger charge is 2.15. The molecule has 1 saturated heterocycles. The van der Waals surface area contributed by atoms with E-state index >= 15 is 0 Å². The summed E-state index contributed by atoms with van der Waals surface area (Å²) in [5, 5.41) is 3.14. The number of halogens is 1. The average molecular weight is 444 g/mol. The standard InChI is InChI=1S/C19H32N4.HI/c1-15(2)11-21-19(20)22-12-17-6-8-18(9-7-17)14-23-10-4-5-16(3)13-23;/h6-9,15-16H,4-5,10-14H2,1-3H3,(H3,20,21,22);1H. The molecule has 3 N–H and O–H groups in total. The van der Waals surface area contributed by atoms with E-state index in [1.165, 1.54) is 37.1 Å². The van der Waals surface area contributed by atoms with E-state index in [4.69, 9.17) is 5.73 Å². The Kier molecular flexibility index (Phi) is 9.66. The van der Waals surface area contributed by atoms with Gasteiger partial charge in [-0.3, -0.25) is 4.90 Å². The smallest absolute Gasteiger partial charge is 0.188 e. The highest BCUT2D eigenvalue weighted by Crippen LogP contribution is 2.18. The number of benzene rings is 1. The summed E-state index contributed by atoms with van der Waals surface area (Å²) in [5.41, 5.74) is 8.46. The highest BCUT2D eigenvalue weighted by molar-refractivity contribution is 14.0. The zero-order valence-corrected chi connectivity index (χ0v) is 17.6. The van der Waals surface area contributed by atoms with Crippen LogP contribution in [0.15, 0.2) is 29.3 Å². The fourth-order valence-electron chi connectivity index (χ4n) is 2.98. The molecule has 1 aromatic carbocycles. The molecule has 2 rings (SSSR count). The zero-order chi connectivity index (χ0) is 16.7. The number of nitrogens with one attached hydrogen (secondary N) is 1. The molecule has 0 amide bonds. The first-order valence-corrected chi connectivity index (χ1v) is 8.87. The van der Waals surface area contributed by atoms with Crippen LogP contribution in [-0.4, -0.2) is 30.5 Å². The van der Waals surface area contributed by atoms with Crippen LogP contribution in [0.5, 0.6) is 0 Å². The summed E-state index contributed by atoms with van der Waals surface area (Å²) in [6.45, 7) is 11.7. The van der Waals surface area contributed by atoms with Crippen LogP contribution in [0.2, 0.25) is 0 Å². The van der Waals surface area contributed by atoms with E-state index in [1.54, 1.807) is 0 Å². The van der Waals surface area contributed by atoms with E-state index in [0.29, 0.717) is 18.4 Å². The van der Waals surface area contributed by atoms with Gasteiger partial charge in [-0.2, -0.15) is 0 Å². The maximum Gasteiger partial charge on any atom is 0.188 e. The Bertz CT molecular complexity index is 499. The van der Waals surface area contributed by atoms with E-state index in [0.717, 1.165) is 19.0 Å². The molecule has 1 heterocycles. The summed E-state index contributed by atoms with van der Waals surface area (Å²) in [5.74, 6) is 1.93. The van der Waals surface area contributed by atoms with E-state index in [9.17, 15) is 0 Å². The largest absolute Gasteiger partial charge is 0.370 e. The van der Waals surface area contributed by atoms with Gasteiger partial charge in [0.05, 0.1) is 6.54 Å². The Morgan fingerprint density at radius 3 is 2.58 bits per heavy atom. The normalized spacial score (nSPS) is 19.2. The molecule has 1 aliphatic rings. The van der Waals surface area contributed by atoms with Crippen molar-refractivity contribution >= 4 is 29.9 Å². The first kappa shape index (κ1) is 21.2. The minimum atomic E-state index is 0. The lowest BCUT2D eigenvalue weighted by Crippen LogP contribution is -2.34. The third-order valence-electron chi connectivity index (χ3n) is 4.29. The van der Waals surface area contributed by atoms with Crippen LogP contribution < -0.4 is 11.1 Å². The number of hydrogen-bond donors (Lipinski definition) is 2. The van der Waals surface area contributed by atoms with Crippen molar-refractivity contribution in [3.8, 4) is 0 Å². The Hall–Kier alpha value is -0.820. The number of piperidine rings is 1. The van der Waals surface area contributed by atoms with Gasteiger partial charge in [0, 0.05) is 19.6 Å². The highest BCUT2D eigenvalue weighted by atomic mass is 127. The van der Waals surface area contributed by atoms with Crippen LogP contribution >= 0.6 is 24.0 Å². The first-order chi connectivity index (χ1) is 11.0. The number of nitrogens with zero attached hydrogens (tertiary/aromatic N) is 2. The molecule has 24 heavy (non-hydrogen) atoms. The third kappa shape index (κ3) is 7.83. The molecule has 0 aromatic heterocycles. The predicted molar refractivity (Wildman–Crippen MR) is 114 cm³/mol. The summed E-state index contributed by atoms with van der Waals surface area (Å²) >= 11 is 0. The zero-order valence-electron chi connectivity index (χ0n) is 15.3. The lowest BCUT2D eigenvalue weighted by atomic mass is 9.99. The Labute approximate surface area is 164 Å². The van der Waals surface area contributed by atoms with Crippen molar-refractivity contribution in [2.24, 2.45) is 22.6 Å². The Balaban J connectivity index is 0.00000288. The van der Waals surface area contributed by atoms with Gasteiger partial charge in [-0.15, -0.1) is 24.0 Å². The second kappa shape index (κ2) is 10.9. The quantitative estimate of drug-likeness (QED) is 0.401. The average Bonchev–Trinajstić information content (AvgIpc) is 2.52. The molecule has 4 nitrogen and oxygen atoms in total. The monoisotopic (exact) mass is 444 g/mol. The van der Waals surface area contributed by atoms with Crippen molar-refractivity contribution < 1.29 is 0 Å². The molecular formula is C19H33IN4. The van der Waals surface area contributed by atoms with E-state index in [-0.39, 0.29) is 24.0 Å². The predicted octanol–water partition coefficient (Wildman–Crippen LogP) is 3.60. The molecule has 136 valence electrons. The van der Waals surface area contributed by atoms with Gasteiger partial charge in [-0.05, 0) is 42.3 Å². The topological polar surface area (TPSA) is 53.6 Å². The van der Waals surface area contributed by atoms with Crippen molar-refractivity contribution in [3.05, 3.63) is 35.4 Å². The van der Waals surface area contributed by atoms with Gasteiger partial charge in [0.1, 0.15) is 0 Å². The molecule has 0 bridgehead atoms. The Morgan fingerprint density at radius 1 is 1.29 bits per heavy atom. The minimum Gasteiger partial charge on any atom is -0.370 e. The molecule has 1 aromatic rings. The number of hydrogen-bond acceptors (Lipinski definition) is 2. The van der Waals surface area contributed by atoms with Gasteiger partial charge in [0.15, 0.2) is 5.96 Å². The SMILES string of the molecule is CC(C)CNC(N)=NCc1ccc(CN2CCCC(C)C2)cc1.I. The number of nitrogens with two attached hydrogens (primary N) is 1. The second-order valence-electron chi connectivity index (χ2n) is 7.28. The van der Waals surface area contributed by atoms with Gasteiger partial charge in [-0.1, -0.05) is 45.0 Å². The van der Waals surface area contributed by atoms with Gasteiger partial charge in [0.2, 0.25) is 0 Å². The fraction of sp³-hybridized carbons (Fsp3) is 0.632. The summed E-state index contributed by atoms with van der Waals surface area (Å²) < 4.78 is 0. The molecule has 0 radical (unpaired) electrons. The van der Waals surface area contributed by atoms with Gasteiger partial charge in [-0.25, -0.2) is 4.99 Å². The molecule has 1 fully saturated rings. The van der Waals surface area contributed by atoms with Crippen molar-refractivity contribution in [1.82, 2.24) is 10.2 Å². The van der Waals surface area contributed by atoms with E-state index in [1.807, 2.05) is 0 Å². The van der Waals surface area contributed by atoms with Crippen molar-refractivity contribution in [2.45, 2.75) is 46.7 Å². The van der Waals surface area contributed by atoms with Crippen molar-refractivity contribution in [1.29, 1.82) is 0 Å². The maximum absolute atomic E-state index is 5.87. The summed E-state index contributed by atoms with van der Waals surface area (Å²) in [7, 11) is 0. The second-order valence-corrected chi connectivity index (χ2v) is 7.28. The van der Waals surface area contributed by atoms with Gasteiger partial charge >= 0.3 is 0 Å². The third-order valence-corrected chi connectivity index (χ3v) is 4.29. The van der Waals surface area contributed by atoms with Gasteiger partial charge in [0.25, 0.3) is 0 Å². The van der Waals surface area contributed by atoms with Crippen LogP contribution in [-0.2, 0) is 13.1 Å². The van der Waals surface area contributed by atoms with Gasteiger partial charge < -0.3 is 11.1 Å². The van der Waals surface area contributed by atoms with Crippen LogP contribution in [0.1, 0.15) is 44.7 Å². The number of likely N-dealkylation sites (tertiary alicyclic amines) is 1. The Morgan fingerprint density at radius 2 is 1.96 bits per heavy atom. The van der Waals surface area contributed by atoms with Crippen LogP contribution in [0.25, 0.3) is 0 Å². The molecule has 0 saturated carbocycles. The molecule has 0 spiro atoms. The first-order valence-electron chi connectivity index (χ1n) is 8.87. The number of aliphatic imine (C=N–C) groups is 1. The summed E-state index contributed by atoms with van der Waals surface area (Å²) in [4.78, 5) is 6.96. The molecule has 0 aliphatic carbocycles. The molecule has 1 unspecified atom stereocenters. The minimum absolute atomic E-state index is 0. The van der Waals surface area contributed by atoms with E-state index in [2.05, 4.69) is 60.2 Å². The van der Waals surface area contributed by atoms with Crippen LogP contribution in [0.4, 0.5) is 0 Å². The molecule has 5 heteroatoms. The number of guanidine groups is 1. The number of rotatable bonds is 6. The molecule has 1 aliphatic heterocycles. The fourth-order valence-corrected chi connectivity index (χ4v) is 2.98. The van der Waals surface area contributed by atoms with Crippen LogP contribution in [0, 0.1) is 11.8 Å². The van der Waals surface area contributed by atoms with Crippen molar-refractivity contribution in [2.75, 3.05) is 19.6 Å². The van der Waals surface area contributed by atoms with Crippen LogP contribution in [0.3, 0.4) is 0 Å². The molecular weight excluding hydrogens is 411 g/mol.